The highest BCUT2D eigenvalue weighted by Gasteiger charge is 2.09. The van der Waals surface area contributed by atoms with E-state index in [1.807, 2.05) is 6.92 Å². The van der Waals surface area contributed by atoms with Gasteiger partial charge in [-0.2, -0.15) is 0 Å². The average molecular weight is 229 g/mol. The van der Waals surface area contributed by atoms with E-state index in [0.717, 1.165) is 12.1 Å². The molecule has 1 nitrogen and oxygen atoms in total. The first kappa shape index (κ1) is 12.0. The lowest BCUT2D eigenvalue weighted by molar-refractivity contribution is 0.546. The highest BCUT2D eigenvalue weighted by atomic mass is 32.1. The minimum absolute atomic E-state index is 0.124. The van der Waals surface area contributed by atoms with Crippen LogP contribution in [-0.2, 0) is 6.42 Å². The zero-order chi connectivity index (χ0) is 11.4. The fraction of sp³-hybridized carbons (Fsp3) is 0.364. The fourth-order valence-corrected chi connectivity index (χ4v) is 1.78. The van der Waals surface area contributed by atoms with Crippen LogP contribution in [0.4, 0.5) is 8.78 Å². The Bertz CT molecular complexity index is 366. The molecule has 0 aromatic heterocycles. The van der Waals surface area contributed by atoms with Crippen molar-refractivity contribution in [3.8, 4) is 0 Å². The predicted molar refractivity (Wildman–Crippen MR) is 60.6 cm³/mol. The lowest BCUT2D eigenvalue weighted by Gasteiger charge is -2.10. The van der Waals surface area contributed by atoms with Crippen LogP contribution in [0.25, 0.3) is 0 Å². The number of rotatable bonds is 4. The number of thiocarbonyl (C=S) groups is 1. The highest BCUT2D eigenvalue weighted by molar-refractivity contribution is 7.80. The third-order valence-corrected chi connectivity index (χ3v) is 2.29. The van der Waals surface area contributed by atoms with Gasteiger partial charge < -0.3 is 5.73 Å². The van der Waals surface area contributed by atoms with Gasteiger partial charge in [-0.25, -0.2) is 8.78 Å². The summed E-state index contributed by atoms with van der Waals surface area (Å²) in [6.07, 6.45) is 0.992. The molecule has 0 fully saturated rings. The number of halogens is 2. The van der Waals surface area contributed by atoms with Gasteiger partial charge in [0.1, 0.15) is 11.6 Å². The summed E-state index contributed by atoms with van der Waals surface area (Å²) in [4.78, 5) is 0.402. The molecule has 0 saturated heterocycles. The van der Waals surface area contributed by atoms with Crippen LogP contribution in [0.2, 0.25) is 0 Å². The normalized spacial score (nSPS) is 12.5. The van der Waals surface area contributed by atoms with Crippen LogP contribution in [-0.4, -0.2) is 4.99 Å². The van der Waals surface area contributed by atoms with Gasteiger partial charge in [-0.1, -0.05) is 19.1 Å². The Kier molecular flexibility index (Phi) is 4.15. The van der Waals surface area contributed by atoms with Crippen molar-refractivity contribution in [2.24, 2.45) is 11.7 Å². The van der Waals surface area contributed by atoms with Crippen LogP contribution in [0.1, 0.15) is 18.9 Å². The molecule has 0 radical (unpaired) electrons. The molecule has 0 aliphatic rings. The van der Waals surface area contributed by atoms with E-state index in [9.17, 15) is 8.78 Å². The summed E-state index contributed by atoms with van der Waals surface area (Å²) in [5.41, 5.74) is 5.75. The average Bonchev–Trinajstić information content (AvgIpc) is 2.10. The Labute approximate surface area is 93.3 Å². The molecule has 1 aromatic rings. The number of benzene rings is 1. The monoisotopic (exact) mass is 229 g/mol. The molecule has 0 aliphatic heterocycles. The first-order valence-corrected chi connectivity index (χ1v) is 5.12. The predicted octanol–water partition coefficient (Wildman–Crippen LogP) is 2.82. The molecule has 4 heteroatoms. The Morgan fingerprint density at radius 2 is 2.13 bits per heavy atom. The van der Waals surface area contributed by atoms with Crippen molar-refractivity contribution in [2.45, 2.75) is 19.8 Å². The Morgan fingerprint density at radius 3 is 2.73 bits per heavy atom. The van der Waals surface area contributed by atoms with Crippen molar-refractivity contribution in [3.05, 3.63) is 35.4 Å². The standard InChI is InChI=1S/C11H13F2NS/c1-7(5-11(14)15)4-8-6-9(12)2-3-10(8)13/h2-3,6-7H,4-5H2,1H3,(H2,14,15). The largest absolute Gasteiger partial charge is 0.393 e. The van der Waals surface area contributed by atoms with E-state index >= 15 is 0 Å². The van der Waals surface area contributed by atoms with Crippen molar-refractivity contribution >= 4 is 17.2 Å². The summed E-state index contributed by atoms with van der Waals surface area (Å²) in [6, 6.07) is 3.46. The van der Waals surface area contributed by atoms with Gasteiger partial charge in [0.15, 0.2) is 0 Å². The SMILES string of the molecule is CC(CC(N)=S)Cc1cc(F)ccc1F. The van der Waals surface area contributed by atoms with Crippen molar-refractivity contribution in [1.82, 2.24) is 0 Å². The van der Waals surface area contributed by atoms with Gasteiger partial charge in [0.05, 0.1) is 4.99 Å². The molecule has 0 amide bonds. The molecule has 0 spiro atoms. The van der Waals surface area contributed by atoms with E-state index in [1.165, 1.54) is 6.07 Å². The molecular weight excluding hydrogens is 216 g/mol. The van der Waals surface area contributed by atoms with E-state index in [-0.39, 0.29) is 11.7 Å². The molecule has 0 heterocycles. The van der Waals surface area contributed by atoms with Crippen LogP contribution >= 0.6 is 12.2 Å². The first-order valence-electron chi connectivity index (χ1n) is 4.71. The molecule has 15 heavy (non-hydrogen) atoms. The maximum atomic E-state index is 13.2. The van der Waals surface area contributed by atoms with Crippen LogP contribution in [0, 0.1) is 17.6 Å². The lowest BCUT2D eigenvalue weighted by atomic mass is 9.98. The number of nitrogens with two attached hydrogens (primary N) is 1. The molecule has 1 atom stereocenters. The molecular formula is C11H13F2NS. The van der Waals surface area contributed by atoms with Gasteiger partial charge >= 0.3 is 0 Å². The van der Waals surface area contributed by atoms with Crippen LogP contribution < -0.4 is 5.73 Å². The second kappa shape index (κ2) is 5.16. The summed E-state index contributed by atoms with van der Waals surface area (Å²) in [6.45, 7) is 1.91. The zero-order valence-electron chi connectivity index (χ0n) is 8.47. The van der Waals surface area contributed by atoms with Crippen molar-refractivity contribution in [2.75, 3.05) is 0 Å². The number of hydrogen-bond acceptors (Lipinski definition) is 1. The van der Waals surface area contributed by atoms with Gasteiger partial charge in [0, 0.05) is 6.42 Å². The van der Waals surface area contributed by atoms with E-state index in [1.54, 1.807) is 0 Å². The lowest BCUT2D eigenvalue weighted by Crippen LogP contribution is -2.14. The highest BCUT2D eigenvalue weighted by Crippen LogP contribution is 2.16. The smallest absolute Gasteiger partial charge is 0.126 e. The van der Waals surface area contributed by atoms with Gasteiger partial charge in [-0.3, -0.25) is 0 Å². The molecule has 0 bridgehead atoms. The van der Waals surface area contributed by atoms with Gasteiger partial charge in [0.2, 0.25) is 0 Å². The summed E-state index contributed by atoms with van der Waals surface area (Å²) < 4.78 is 26.1. The van der Waals surface area contributed by atoms with Gasteiger partial charge in [-0.05, 0) is 36.1 Å². The maximum absolute atomic E-state index is 13.2. The Balaban J connectivity index is 2.71. The maximum Gasteiger partial charge on any atom is 0.126 e. The minimum Gasteiger partial charge on any atom is -0.393 e. The molecule has 1 aromatic carbocycles. The molecule has 1 rings (SSSR count). The van der Waals surface area contributed by atoms with Crippen molar-refractivity contribution in [3.63, 3.8) is 0 Å². The van der Waals surface area contributed by atoms with Crippen LogP contribution in [0.5, 0.6) is 0 Å². The summed E-state index contributed by atoms with van der Waals surface area (Å²) in [5, 5.41) is 0. The van der Waals surface area contributed by atoms with Gasteiger partial charge in [0.25, 0.3) is 0 Å². The third kappa shape index (κ3) is 3.91. The van der Waals surface area contributed by atoms with E-state index in [0.29, 0.717) is 23.4 Å². The minimum atomic E-state index is -0.422. The first-order chi connectivity index (χ1) is 6.99. The van der Waals surface area contributed by atoms with Gasteiger partial charge in [-0.15, -0.1) is 0 Å². The third-order valence-electron chi connectivity index (χ3n) is 2.13. The molecule has 0 aliphatic carbocycles. The molecule has 1 unspecified atom stereocenters. The van der Waals surface area contributed by atoms with E-state index < -0.39 is 5.82 Å². The Hall–Kier alpha value is -1.03. The molecule has 2 N–H and O–H groups in total. The van der Waals surface area contributed by atoms with Crippen LogP contribution in [0.3, 0.4) is 0 Å². The quantitative estimate of drug-likeness (QED) is 0.803. The Morgan fingerprint density at radius 1 is 1.47 bits per heavy atom. The zero-order valence-corrected chi connectivity index (χ0v) is 9.28. The second-order valence-corrected chi connectivity index (χ2v) is 4.24. The van der Waals surface area contributed by atoms with E-state index in [4.69, 9.17) is 18.0 Å². The summed E-state index contributed by atoms with van der Waals surface area (Å²) >= 11 is 4.76. The topological polar surface area (TPSA) is 26.0 Å². The summed E-state index contributed by atoms with van der Waals surface area (Å²) in [5.74, 6) is -0.682. The van der Waals surface area contributed by atoms with E-state index in [2.05, 4.69) is 0 Å². The fourth-order valence-electron chi connectivity index (χ4n) is 1.49. The molecule has 0 saturated carbocycles. The van der Waals surface area contributed by atoms with Crippen LogP contribution in [0.15, 0.2) is 18.2 Å². The number of hydrogen-bond donors (Lipinski definition) is 1. The second-order valence-electron chi connectivity index (χ2n) is 3.72. The van der Waals surface area contributed by atoms with Crippen molar-refractivity contribution in [1.29, 1.82) is 0 Å². The summed E-state index contributed by atoms with van der Waals surface area (Å²) in [7, 11) is 0. The van der Waals surface area contributed by atoms with Crippen molar-refractivity contribution < 1.29 is 8.78 Å². The molecule has 82 valence electrons.